The second-order valence-electron chi connectivity index (χ2n) is 9.70. The number of carbonyl (C=O) groups excluding carboxylic acids is 1. The molecule has 9 nitrogen and oxygen atoms in total. The highest BCUT2D eigenvalue weighted by Gasteiger charge is 2.38. The molecule has 2 aromatic carbocycles. The quantitative estimate of drug-likeness (QED) is 0.376. The molecule has 2 aromatic rings. The van der Waals surface area contributed by atoms with E-state index in [0.29, 0.717) is 29.6 Å². The van der Waals surface area contributed by atoms with Crippen molar-refractivity contribution in [1.29, 1.82) is 0 Å². The van der Waals surface area contributed by atoms with Crippen LogP contribution in [0.25, 0.3) is 0 Å². The third-order valence-electron chi connectivity index (χ3n) is 5.73. The van der Waals surface area contributed by atoms with Crippen molar-refractivity contribution in [3.63, 3.8) is 0 Å². The molecule has 1 aliphatic heterocycles. The van der Waals surface area contributed by atoms with E-state index in [1.807, 2.05) is 32.0 Å². The standard InChI is InChI=1S/C24H34N4O3S.C2HF3O2/c1-17(2)16-26-24(29)20-7-10-23(28-13-11-25-12-14-28)22(15-20)27-32(30,31)21-8-5-19(6-9-21)18(3)4;3-2(4,5)1(6)7/h5-10,15,17-18,25,27H,11-14,16H2,1-4H3,(H,26,29);(H,6,7). The Morgan fingerprint density at radius 3 is 2.08 bits per heavy atom. The number of sulfonamides is 1. The summed E-state index contributed by atoms with van der Waals surface area (Å²) in [5, 5.41) is 13.3. The van der Waals surface area contributed by atoms with Gasteiger partial charge >= 0.3 is 12.1 Å². The molecule has 39 heavy (non-hydrogen) atoms. The summed E-state index contributed by atoms with van der Waals surface area (Å²) in [6.45, 7) is 11.9. The number of rotatable bonds is 8. The van der Waals surface area contributed by atoms with Crippen molar-refractivity contribution in [1.82, 2.24) is 10.6 Å². The van der Waals surface area contributed by atoms with Crippen LogP contribution in [0.3, 0.4) is 0 Å². The molecule has 0 saturated carbocycles. The Bertz CT molecular complexity index is 1230. The number of alkyl halides is 3. The van der Waals surface area contributed by atoms with E-state index in [4.69, 9.17) is 9.90 Å². The fraction of sp³-hybridized carbons (Fsp3) is 0.462. The lowest BCUT2D eigenvalue weighted by Crippen LogP contribution is -2.43. The largest absolute Gasteiger partial charge is 0.490 e. The summed E-state index contributed by atoms with van der Waals surface area (Å²) in [6.07, 6.45) is -5.08. The number of anilines is 2. The summed E-state index contributed by atoms with van der Waals surface area (Å²) in [7, 11) is -3.81. The van der Waals surface area contributed by atoms with E-state index in [9.17, 15) is 26.4 Å². The van der Waals surface area contributed by atoms with E-state index in [1.165, 1.54) is 0 Å². The van der Waals surface area contributed by atoms with Gasteiger partial charge in [0, 0.05) is 38.3 Å². The summed E-state index contributed by atoms with van der Waals surface area (Å²) >= 11 is 0. The summed E-state index contributed by atoms with van der Waals surface area (Å²) in [5.74, 6) is -2.33. The first-order valence-electron chi connectivity index (χ1n) is 12.4. The molecule has 0 radical (unpaired) electrons. The Balaban J connectivity index is 0.000000673. The number of carboxylic acid groups (broad SMARTS) is 1. The zero-order valence-corrected chi connectivity index (χ0v) is 23.1. The molecule has 3 rings (SSSR count). The number of aliphatic carboxylic acids is 1. The van der Waals surface area contributed by atoms with Crippen molar-refractivity contribution in [2.45, 2.75) is 44.7 Å². The van der Waals surface area contributed by atoms with E-state index in [1.54, 1.807) is 24.3 Å². The van der Waals surface area contributed by atoms with E-state index >= 15 is 0 Å². The van der Waals surface area contributed by atoms with Gasteiger partial charge < -0.3 is 20.6 Å². The third kappa shape index (κ3) is 9.74. The van der Waals surface area contributed by atoms with Gasteiger partial charge in [0.1, 0.15) is 0 Å². The second-order valence-corrected chi connectivity index (χ2v) is 11.4. The molecule has 0 spiro atoms. The summed E-state index contributed by atoms with van der Waals surface area (Å²) < 4.78 is 60.8. The van der Waals surface area contributed by atoms with Crippen molar-refractivity contribution in [2.75, 3.05) is 42.3 Å². The Morgan fingerprint density at radius 2 is 1.59 bits per heavy atom. The number of carboxylic acids is 1. The number of benzene rings is 2. The molecule has 1 heterocycles. The smallest absolute Gasteiger partial charge is 0.475 e. The molecule has 1 aliphatic rings. The number of hydrogen-bond donors (Lipinski definition) is 4. The Labute approximate surface area is 226 Å². The monoisotopic (exact) mass is 572 g/mol. The second kappa shape index (κ2) is 13.7. The highest BCUT2D eigenvalue weighted by molar-refractivity contribution is 7.92. The predicted octanol–water partition coefficient (Wildman–Crippen LogP) is 4.04. The van der Waals surface area contributed by atoms with Crippen LogP contribution in [0.2, 0.25) is 0 Å². The minimum atomic E-state index is -5.08. The van der Waals surface area contributed by atoms with Crippen LogP contribution in [-0.4, -0.2) is 64.3 Å². The molecule has 4 N–H and O–H groups in total. The molecule has 13 heteroatoms. The lowest BCUT2D eigenvalue weighted by Gasteiger charge is -2.31. The van der Waals surface area contributed by atoms with Crippen LogP contribution in [0.1, 0.15) is 49.5 Å². The molecule has 0 aliphatic carbocycles. The van der Waals surface area contributed by atoms with Gasteiger partial charge in [0.2, 0.25) is 0 Å². The zero-order chi connectivity index (χ0) is 29.4. The first kappa shape index (κ1) is 31.9. The maximum absolute atomic E-state index is 13.2. The van der Waals surface area contributed by atoms with Crippen molar-refractivity contribution in [2.24, 2.45) is 5.92 Å². The van der Waals surface area contributed by atoms with Crippen LogP contribution in [0, 0.1) is 5.92 Å². The minimum absolute atomic E-state index is 0.197. The average Bonchev–Trinajstić information content (AvgIpc) is 2.87. The third-order valence-corrected chi connectivity index (χ3v) is 7.11. The van der Waals surface area contributed by atoms with Gasteiger partial charge in [0.05, 0.1) is 16.3 Å². The number of nitrogens with zero attached hydrogens (tertiary/aromatic N) is 1. The lowest BCUT2D eigenvalue weighted by atomic mass is 10.0. The van der Waals surface area contributed by atoms with Gasteiger partial charge in [-0.2, -0.15) is 13.2 Å². The number of amides is 1. The van der Waals surface area contributed by atoms with Crippen LogP contribution in [0.4, 0.5) is 24.5 Å². The van der Waals surface area contributed by atoms with Crippen molar-refractivity contribution >= 4 is 33.3 Å². The summed E-state index contributed by atoms with van der Waals surface area (Å²) in [6, 6.07) is 12.1. The number of halogens is 3. The van der Waals surface area contributed by atoms with Crippen molar-refractivity contribution in [3.05, 3.63) is 53.6 Å². The van der Waals surface area contributed by atoms with E-state index < -0.39 is 22.2 Å². The topological polar surface area (TPSA) is 128 Å². The molecule has 1 saturated heterocycles. The molecular weight excluding hydrogens is 537 g/mol. The number of piperazine rings is 1. The minimum Gasteiger partial charge on any atom is -0.475 e. The molecule has 1 fully saturated rings. The average molecular weight is 573 g/mol. The molecular formula is C26H35F3N4O5S. The molecule has 0 bridgehead atoms. The number of nitrogens with one attached hydrogen (secondary N) is 3. The van der Waals surface area contributed by atoms with E-state index in [2.05, 4.69) is 34.1 Å². The molecule has 1 amide bonds. The molecule has 0 aromatic heterocycles. The van der Waals surface area contributed by atoms with Gasteiger partial charge in [-0.1, -0.05) is 39.8 Å². The van der Waals surface area contributed by atoms with Crippen LogP contribution < -0.4 is 20.3 Å². The van der Waals surface area contributed by atoms with Gasteiger partial charge in [-0.15, -0.1) is 0 Å². The Morgan fingerprint density at radius 1 is 1.03 bits per heavy atom. The SMILES string of the molecule is CC(C)CNC(=O)c1ccc(N2CCNCC2)c(NS(=O)(=O)c2ccc(C(C)C)cc2)c1.O=C(O)C(F)(F)F. The molecule has 0 atom stereocenters. The Kier molecular flexibility index (Phi) is 11.2. The first-order valence-corrected chi connectivity index (χ1v) is 13.9. The van der Waals surface area contributed by atoms with Gasteiger partial charge in [0.25, 0.3) is 15.9 Å². The van der Waals surface area contributed by atoms with Gasteiger partial charge in [-0.3, -0.25) is 9.52 Å². The summed E-state index contributed by atoms with van der Waals surface area (Å²) in [5.41, 5.74) is 2.69. The lowest BCUT2D eigenvalue weighted by molar-refractivity contribution is -0.192. The Hall–Kier alpha value is -3.32. The highest BCUT2D eigenvalue weighted by Crippen LogP contribution is 2.30. The van der Waals surface area contributed by atoms with Crippen molar-refractivity contribution < 1.29 is 36.3 Å². The van der Waals surface area contributed by atoms with Gasteiger partial charge in [0.15, 0.2) is 0 Å². The van der Waals surface area contributed by atoms with E-state index in [-0.39, 0.29) is 10.8 Å². The first-order chi connectivity index (χ1) is 18.1. The van der Waals surface area contributed by atoms with E-state index in [0.717, 1.165) is 37.4 Å². The fourth-order valence-corrected chi connectivity index (χ4v) is 4.64. The predicted molar refractivity (Wildman–Crippen MR) is 144 cm³/mol. The molecule has 216 valence electrons. The maximum atomic E-state index is 13.2. The van der Waals surface area contributed by atoms with Crippen molar-refractivity contribution in [3.8, 4) is 0 Å². The van der Waals surface area contributed by atoms with Crippen LogP contribution in [0.5, 0.6) is 0 Å². The normalized spacial score (nSPS) is 14.0. The summed E-state index contributed by atoms with van der Waals surface area (Å²) in [4.78, 5) is 23.8. The molecule has 0 unspecified atom stereocenters. The number of carbonyl (C=O) groups is 2. The zero-order valence-electron chi connectivity index (χ0n) is 22.3. The van der Waals surface area contributed by atoms with Crippen LogP contribution in [0.15, 0.2) is 47.4 Å². The van der Waals surface area contributed by atoms with Crippen LogP contribution in [-0.2, 0) is 14.8 Å². The fourth-order valence-electron chi connectivity index (χ4n) is 3.57. The van der Waals surface area contributed by atoms with Crippen LogP contribution >= 0.6 is 0 Å². The maximum Gasteiger partial charge on any atom is 0.490 e. The van der Waals surface area contributed by atoms with Gasteiger partial charge in [-0.05, 0) is 47.7 Å². The highest BCUT2D eigenvalue weighted by atomic mass is 32.2. The number of hydrogen-bond acceptors (Lipinski definition) is 6. The van der Waals surface area contributed by atoms with Gasteiger partial charge in [-0.25, -0.2) is 13.2 Å².